The third-order valence-electron chi connectivity index (χ3n) is 8.90. The second kappa shape index (κ2) is 12.5. The summed E-state index contributed by atoms with van der Waals surface area (Å²) in [5.41, 5.74) is 8.63. The zero-order chi connectivity index (χ0) is 29.1. The van der Waals surface area contributed by atoms with E-state index in [1.165, 1.54) is 45.3 Å². The van der Waals surface area contributed by atoms with Gasteiger partial charge < -0.3 is 20.3 Å². The highest BCUT2D eigenvalue weighted by Gasteiger charge is 2.31. The summed E-state index contributed by atoms with van der Waals surface area (Å²) in [7, 11) is 1.51. The maximum absolute atomic E-state index is 14.4. The van der Waals surface area contributed by atoms with E-state index in [-0.39, 0.29) is 29.5 Å². The number of halogens is 1. The average Bonchev–Trinajstić information content (AvgIpc) is 2.97. The lowest BCUT2D eigenvalue weighted by molar-refractivity contribution is 0.283. The van der Waals surface area contributed by atoms with Crippen LogP contribution < -0.4 is 20.9 Å². The Morgan fingerprint density at radius 1 is 1.12 bits per heavy atom. The van der Waals surface area contributed by atoms with Crippen molar-refractivity contribution in [1.29, 1.82) is 0 Å². The van der Waals surface area contributed by atoms with Crippen molar-refractivity contribution in [2.24, 2.45) is 16.6 Å². The number of anilines is 1. The first-order chi connectivity index (χ1) is 19.7. The number of aryl methyl sites for hydroxylation is 2. The summed E-state index contributed by atoms with van der Waals surface area (Å²) in [4.78, 5) is 27.4. The fourth-order valence-corrected chi connectivity index (χ4v) is 6.60. The van der Waals surface area contributed by atoms with Crippen LogP contribution in [0.25, 0.3) is 10.9 Å². The minimum Gasteiger partial charge on any atom is -0.497 e. The molecule has 220 valence electrons. The number of ether oxygens (including phenoxy) is 1. The van der Waals surface area contributed by atoms with Gasteiger partial charge in [0.2, 0.25) is 0 Å². The molecule has 2 heterocycles. The second-order valence-electron chi connectivity index (χ2n) is 11.8. The van der Waals surface area contributed by atoms with Crippen LogP contribution >= 0.6 is 0 Å². The van der Waals surface area contributed by atoms with E-state index >= 15 is 0 Å². The van der Waals surface area contributed by atoms with E-state index in [9.17, 15) is 9.18 Å². The van der Waals surface area contributed by atoms with Crippen LogP contribution in [0.2, 0.25) is 0 Å². The lowest BCUT2D eigenvalue weighted by Crippen LogP contribution is -2.59. The molecule has 0 bridgehead atoms. The van der Waals surface area contributed by atoms with Crippen molar-refractivity contribution in [3.63, 3.8) is 0 Å². The number of piperazine rings is 1. The molecule has 2 aliphatic rings. The molecule has 3 aromatic rings. The molecular formula is C32H43FN6O2. The summed E-state index contributed by atoms with van der Waals surface area (Å²) in [5, 5.41) is 0.554. The molecule has 1 aliphatic carbocycles. The minimum absolute atomic E-state index is 0.127. The van der Waals surface area contributed by atoms with Gasteiger partial charge in [-0.2, -0.15) is 0 Å². The highest BCUT2D eigenvalue weighted by Crippen LogP contribution is 2.29. The maximum atomic E-state index is 14.4. The molecule has 2 N–H and O–H groups in total. The summed E-state index contributed by atoms with van der Waals surface area (Å²) < 4.78 is 21.0. The van der Waals surface area contributed by atoms with Crippen LogP contribution in [0.1, 0.15) is 58.4 Å². The van der Waals surface area contributed by atoms with Crippen molar-refractivity contribution in [1.82, 2.24) is 14.5 Å². The SMILES string of the molecule is COc1ccc(CCn2cnc3cc(N4C(C)CN(C(N)=NC(C)C5CCCCC5)CC4C)ccc3c2=O)c(F)c1. The second-order valence-corrected chi connectivity index (χ2v) is 11.8. The van der Waals surface area contributed by atoms with E-state index in [0.717, 1.165) is 18.8 Å². The summed E-state index contributed by atoms with van der Waals surface area (Å²) >= 11 is 0. The third-order valence-corrected chi connectivity index (χ3v) is 8.90. The maximum Gasteiger partial charge on any atom is 0.261 e. The van der Waals surface area contributed by atoms with Gasteiger partial charge in [-0.15, -0.1) is 0 Å². The highest BCUT2D eigenvalue weighted by atomic mass is 19.1. The van der Waals surface area contributed by atoms with Gasteiger partial charge in [0.1, 0.15) is 11.6 Å². The molecule has 0 radical (unpaired) electrons. The molecule has 1 saturated carbocycles. The molecule has 0 spiro atoms. The van der Waals surface area contributed by atoms with Crippen LogP contribution in [-0.4, -0.2) is 58.7 Å². The van der Waals surface area contributed by atoms with Gasteiger partial charge in [0.15, 0.2) is 5.96 Å². The van der Waals surface area contributed by atoms with Gasteiger partial charge >= 0.3 is 0 Å². The van der Waals surface area contributed by atoms with Gasteiger partial charge in [0.05, 0.1) is 30.4 Å². The van der Waals surface area contributed by atoms with Gasteiger partial charge in [0, 0.05) is 43.5 Å². The Kier molecular flexibility index (Phi) is 8.80. The fraction of sp³-hybridized carbons (Fsp3) is 0.531. The largest absolute Gasteiger partial charge is 0.497 e. The number of hydrogen-bond acceptors (Lipinski definition) is 5. The summed E-state index contributed by atoms with van der Waals surface area (Å²) in [5.74, 6) is 1.41. The number of aliphatic imine (C=N–C) groups is 1. The Balaban J connectivity index is 1.27. The van der Waals surface area contributed by atoms with E-state index in [2.05, 4.69) is 35.6 Å². The quantitative estimate of drug-likeness (QED) is 0.323. The topological polar surface area (TPSA) is 89.0 Å². The molecule has 2 aromatic carbocycles. The van der Waals surface area contributed by atoms with Crippen molar-refractivity contribution in [2.75, 3.05) is 25.1 Å². The molecule has 2 fully saturated rings. The van der Waals surface area contributed by atoms with Crippen molar-refractivity contribution < 1.29 is 9.13 Å². The zero-order valence-corrected chi connectivity index (χ0v) is 24.7. The number of nitrogens with two attached hydrogens (primary N) is 1. The number of rotatable bonds is 7. The predicted molar refractivity (Wildman–Crippen MR) is 163 cm³/mol. The number of fused-ring (bicyclic) bond motifs is 1. The Labute approximate surface area is 242 Å². The number of hydrogen-bond donors (Lipinski definition) is 1. The first kappa shape index (κ1) is 28.9. The number of guanidine groups is 1. The number of nitrogens with zero attached hydrogens (tertiary/aromatic N) is 5. The molecule has 1 aromatic heterocycles. The lowest BCUT2D eigenvalue weighted by atomic mass is 9.85. The van der Waals surface area contributed by atoms with Crippen LogP contribution in [0.15, 0.2) is 52.5 Å². The Hall–Kier alpha value is -3.62. The molecule has 3 unspecified atom stereocenters. The average molecular weight is 563 g/mol. The third kappa shape index (κ3) is 6.34. The normalized spacial score (nSPS) is 21.3. The summed E-state index contributed by atoms with van der Waals surface area (Å²) in [6.07, 6.45) is 8.38. The molecule has 0 amide bonds. The molecule has 3 atom stereocenters. The standard InChI is InChI=1S/C32H43FN6O2/c1-21-18-38(32(34)36-23(3)24-8-6-5-7-9-24)19-22(2)39(21)26-11-13-28-30(16-26)35-20-37(31(28)40)15-14-25-10-12-27(41-4)17-29(25)33/h10-13,16-17,20-24H,5-9,14-15,18-19H2,1-4H3,(H2,34,36). The van der Waals surface area contributed by atoms with Gasteiger partial charge in [-0.25, -0.2) is 14.4 Å². The Morgan fingerprint density at radius 3 is 2.54 bits per heavy atom. The Bertz CT molecular complexity index is 1440. The molecular weight excluding hydrogens is 519 g/mol. The van der Waals surface area contributed by atoms with Gasteiger partial charge in [0.25, 0.3) is 5.56 Å². The van der Waals surface area contributed by atoms with Crippen molar-refractivity contribution in [3.8, 4) is 5.75 Å². The molecule has 5 rings (SSSR count). The van der Waals surface area contributed by atoms with Crippen LogP contribution in [0.3, 0.4) is 0 Å². The monoisotopic (exact) mass is 562 g/mol. The van der Waals surface area contributed by atoms with Crippen LogP contribution in [0.5, 0.6) is 5.75 Å². The summed E-state index contributed by atoms with van der Waals surface area (Å²) in [6, 6.07) is 11.3. The number of benzene rings is 2. The van der Waals surface area contributed by atoms with E-state index < -0.39 is 0 Å². The van der Waals surface area contributed by atoms with Crippen LogP contribution in [-0.2, 0) is 13.0 Å². The molecule has 1 aliphatic heterocycles. The Morgan fingerprint density at radius 2 is 1.85 bits per heavy atom. The van der Waals surface area contributed by atoms with Gasteiger partial charge in [-0.1, -0.05) is 25.3 Å². The van der Waals surface area contributed by atoms with E-state index in [0.29, 0.717) is 47.1 Å². The molecule has 9 heteroatoms. The van der Waals surface area contributed by atoms with Crippen LogP contribution in [0, 0.1) is 11.7 Å². The molecule has 41 heavy (non-hydrogen) atoms. The zero-order valence-electron chi connectivity index (χ0n) is 24.7. The fourth-order valence-electron chi connectivity index (χ4n) is 6.60. The highest BCUT2D eigenvalue weighted by molar-refractivity contribution is 5.82. The van der Waals surface area contributed by atoms with E-state index in [1.807, 2.05) is 18.2 Å². The van der Waals surface area contributed by atoms with Crippen LogP contribution in [0.4, 0.5) is 10.1 Å². The van der Waals surface area contributed by atoms with Crippen molar-refractivity contribution in [3.05, 3.63) is 64.5 Å². The van der Waals surface area contributed by atoms with Crippen molar-refractivity contribution in [2.45, 2.75) is 84.0 Å². The first-order valence-electron chi connectivity index (χ1n) is 14.9. The predicted octanol–water partition coefficient (Wildman–Crippen LogP) is 4.97. The van der Waals surface area contributed by atoms with E-state index in [1.54, 1.807) is 23.0 Å². The minimum atomic E-state index is -0.342. The molecule has 1 saturated heterocycles. The lowest BCUT2D eigenvalue weighted by Gasteiger charge is -2.46. The first-order valence-corrected chi connectivity index (χ1v) is 14.9. The van der Waals surface area contributed by atoms with E-state index in [4.69, 9.17) is 15.5 Å². The summed E-state index contributed by atoms with van der Waals surface area (Å²) in [6.45, 7) is 8.52. The van der Waals surface area contributed by atoms with Gasteiger partial charge in [-0.05, 0) is 75.8 Å². The molecule has 8 nitrogen and oxygen atoms in total. The van der Waals surface area contributed by atoms with Crippen molar-refractivity contribution >= 4 is 22.5 Å². The number of aromatic nitrogens is 2. The smallest absolute Gasteiger partial charge is 0.261 e. The van der Waals surface area contributed by atoms with Gasteiger partial charge in [-0.3, -0.25) is 9.36 Å². The number of methoxy groups -OCH3 is 1.